The molecule has 0 unspecified atom stereocenters. The summed E-state index contributed by atoms with van der Waals surface area (Å²) in [7, 11) is 0. The van der Waals surface area contributed by atoms with Crippen LogP contribution in [0, 0.1) is 10.1 Å². The van der Waals surface area contributed by atoms with Crippen molar-refractivity contribution < 1.29 is 15.1 Å². The Bertz CT molecular complexity index is 1790. The van der Waals surface area contributed by atoms with Gasteiger partial charge in [-0.15, -0.1) is 10.2 Å². The van der Waals surface area contributed by atoms with Crippen LogP contribution in [0.25, 0.3) is 16.3 Å². The van der Waals surface area contributed by atoms with E-state index < -0.39 is 4.92 Å². The molecule has 0 aliphatic rings. The molecule has 198 valence electrons. The fourth-order valence-corrected chi connectivity index (χ4v) is 4.44. The zero-order chi connectivity index (χ0) is 28.1. The molecule has 1 aromatic heterocycles. The van der Waals surface area contributed by atoms with Crippen molar-refractivity contribution in [2.75, 3.05) is 0 Å². The molecule has 0 amide bonds. The van der Waals surface area contributed by atoms with Gasteiger partial charge in [0.25, 0.3) is 5.69 Å². The monoisotopic (exact) mass is 551 g/mol. The van der Waals surface area contributed by atoms with Crippen LogP contribution >= 0.6 is 11.3 Å². The van der Waals surface area contributed by atoms with Crippen LogP contribution in [-0.4, -0.2) is 30.6 Å². The van der Waals surface area contributed by atoms with Crippen LogP contribution in [0.5, 0.6) is 11.5 Å². The number of nitrogens with zero attached hydrogens (tertiary/aromatic N) is 7. The topological polar surface area (TPSA) is 151 Å². The Morgan fingerprint density at radius 3 is 2.33 bits per heavy atom. The number of hydrogen-bond acceptors (Lipinski definition) is 10. The third-order valence-electron chi connectivity index (χ3n) is 5.69. The molecule has 11 nitrogen and oxygen atoms in total. The van der Waals surface area contributed by atoms with E-state index in [9.17, 15) is 20.3 Å². The molecule has 5 aromatic rings. The predicted octanol–water partition coefficient (Wildman–Crippen LogP) is 6.66. The molecule has 0 bridgehead atoms. The molecule has 40 heavy (non-hydrogen) atoms. The van der Waals surface area contributed by atoms with Crippen LogP contribution in [0.2, 0.25) is 0 Å². The lowest BCUT2D eigenvalue weighted by molar-refractivity contribution is -0.384. The number of aromatic nitrogens is 2. The van der Waals surface area contributed by atoms with Crippen LogP contribution in [0.3, 0.4) is 0 Å². The second-order valence-corrected chi connectivity index (χ2v) is 9.40. The van der Waals surface area contributed by atoms with Gasteiger partial charge in [-0.2, -0.15) is 15.3 Å². The maximum absolute atomic E-state index is 11.1. The van der Waals surface area contributed by atoms with Crippen molar-refractivity contribution in [3.05, 3.63) is 118 Å². The SMILES string of the molecule is CC(=NN=c1sc(-c2ccccc2)nn1-c1ccc([N+](=O)[O-])cc1)c1ccc(N=Nc2ccc(O)cc2O)cc1. The average molecular weight is 552 g/mol. The average Bonchev–Trinajstić information content (AvgIpc) is 3.40. The number of azo groups is 1. The van der Waals surface area contributed by atoms with Crippen LogP contribution in [0.1, 0.15) is 12.5 Å². The molecule has 1 heterocycles. The molecule has 0 aliphatic carbocycles. The van der Waals surface area contributed by atoms with Gasteiger partial charge in [-0.1, -0.05) is 53.8 Å². The van der Waals surface area contributed by atoms with Gasteiger partial charge in [0.15, 0.2) is 0 Å². The quantitative estimate of drug-likeness (QED) is 0.100. The summed E-state index contributed by atoms with van der Waals surface area (Å²) >= 11 is 1.34. The van der Waals surface area contributed by atoms with E-state index in [1.165, 1.54) is 41.7 Å². The number of hydrogen-bond donors (Lipinski definition) is 2. The Morgan fingerprint density at radius 2 is 1.65 bits per heavy atom. The van der Waals surface area contributed by atoms with Gasteiger partial charge in [0.2, 0.25) is 4.80 Å². The van der Waals surface area contributed by atoms with E-state index >= 15 is 0 Å². The molecule has 2 N–H and O–H groups in total. The lowest BCUT2D eigenvalue weighted by Crippen LogP contribution is -2.14. The van der Waals surface area contributed by atoms with Crippen molar-refractivity contribution in [2.45, 2.75) is 6.92 Å². The number of nitro benzene ring substituents is 1. The van der Waals surface area contributed by atoms with Gasteiger partial charge < -0.3 is 10.2 Å². The highest BCUT2D eigenvalue weighted by molar-refractivity contribution is 7.12. The Balaban J connectivity index is 1.44. The van der Waals surface area contributed by atoms with Gasteiger partial charge >= 0.3 is 0 Å². The number of nitro groups is 1. The largest absolute Gasteiger partial charge is 0.508 e. The molecule has 4 aromatic carbocycles. The fourth-order valence-electron chi connectivity index (χ4n) is 3.58. The number of phenols is 2. The number of benzene rings is 4. The van der Waals surface area contributed by atoms with E-state index in [-0.39, 0.29) is 22.9 Å². The van der Waals surface area contributed by atoms with Gasteiger partial charge in [0.1, 0.15) is 22.2 Å². The van der Waals surface area contributed by atoms with Gasteiger partial charge in [0.05, 0.1) is 22.0 Å². The zero-order valence-electron chi connectivity index (χ0n) is 21.0. The van der Waals surface area contributed by atoms with Gasteiger partial charge in [-0.25, -0.2) is 4.68 Å². The standard InChI is InChI=1S/C28H21N7O4S/c1-18(19-7-9-21(10-8-19)30-31-25-16-15-24(36)17-26(25)37)29-32-28-34(22-11-13-23(14-12-22)35(38)39)33-27(40-28)20-5-3-2-4-6-20/h2-17,36-37H,1H3. The van der Waals surface area contributed by atoms with E-state index in [2.05, 4.69) is 20.4 Å². The maximum Gasteiger partial charge on any atom is 0.269 e. The number of rotatable bonds is 7. The second kappa shape index (κ2) is 11.5. The summed E-state index contributed by atoms with van der Waals surface area (Å²) < 4.78 is 1.61. The first-order chi connectivity index (χ1) is 19.4. The molecular formula is C28H21N7O4S. The molecule has 0 spiro atoms. The summed E-state index contributed by atoms with van der Waals surface area (Å²) in [4.78, 5) is 11.1. The minimum atomic E-state index is -0.451. The molecular weight excluding hydrogens is 530 g/mol. The van der Waals surface area contributed by atoms with Gasteiger partial charge in [-0.05, 0) is 48.9 Å². The first-order valence-electron chi connectivity index (χ1n) is 11.9. The summed E-state index contributed by atoms with van der Waals surface area (Å²) in [6, 6.07) is 27.0. The minimum absolute atomic E-state index is 0.0157. The highest BCUT2D eigenvalue weighted by Gasteiger charge is 2.11. The number of aromatic hydroxyl groups is 2. The molecule has 0 atom stereocenters. The molecule has 0 aliphatic heterocycles. The molecule has 12 heteroatoms. The van der Waals surface area contributed by atoms with E-state index in [0.717, 1.165) is 16.1 Å². The number of non-ortho nitro benzene ring substituents is 1. The molecule has 0 saturated carbocycles. The summed E-state index contributed by atoms with van der Waals surface area (Å²) in [6.07, 6.45) is 0. The van der Waals surface area contributed by atoms with Crippen LogP contribution in [0.15, 0.2) is 117 Å². The van der Waals surface area contributed by atoms with Crippen molar-refractivity contribution in [1.29, 1.82) is 0 Å². The lowest BCUT2D eigenvalue weighted by atomic mass is 10.1. The van der Waals surface area contributed by atoms with Crippen molar-refractivity contribution in [2.24, 2.45) is 20.4 Å². The summed E-state index contributed by atoms with van der Waals surface area (Å²) in [5.74, 6) is -0.233. The van der Waals surface area contributed by atoms with E-state index in [4.69, 9.17) is 5.10 Å². The Morgan fingerprint density at radius 1 is 0.925 bits per heavy atom. The van der Waals surface area contributed by atoms with Crippen LogP contribution in [-0.2, 0) is 0 Å². The summed E-state index contributed by atoms with van der Waals surface area (Å²) in [6.45, 7) is 1.82. The Kier molecular flexibility index (Phi) is 7.51. The third-order valence-corrected chi connectivity index (χ3v) is 6.64. The van der Waals surface area contributed by atoms with Crippen molar-refractivity contribution >= 4 is 34.1 Å². The smallest absolute Gasteiger partial charge is 0.269 e. The summed E-state index contributed by atoms with van der Waals surface area (Å²) in [5, 5.41) is 52.8. The van der Waals surface area contributed by atoms with Crippen molar-refractivity contribution in [3.8, 4) is 27.8 Å². The van der Waals surface area contributed by atoms with E-state index in [0.29, 0.717) is 21.9 Å². The molecule has 5 rings (SSSR count). The van der Waals surface area contributed by atoms with Gasteiger partial charge in [0, 0.05) is 23.8 Å². The predicted molar refractivity (Wildman–Crippen MR) is 152 cm³/mol. The molecule has 0 radical (unpaired) electrons. The number of phenolic OH excluding ortho intramolecular Hbond substituents is 2. The highest BCUT2D eigenvalue weighted by atomic mass is 32.1. The maximum atomic E-state index is 11.1. The normalized spacial score (nSPS) is 12.2. The first kappa shape index (κ1) is 26.1. The Labute approximate surface area is 231 Å². The van der Waals surface area contributed by atoms with E-state index in [1.54, 1.807) is 28.9 Å². The van der Waals surface area contributed by atoms with E-state index in [1.807, 2.05) is 49.4 Å². The molecule has 0 saturated heterocycles. The van der Waals surface area contributed by atoms with Crippen LogP contribution in [0.4, 0.5) is 17.1 Å². The van der Waals surface area contributed by atoms with Crippen molar-refractivity contribution in [1.82, 2.24) is 9.78 Å². The van der Waals surface area contributed by atoms with Gasteiger partial charge in [-0.3, -0.25) is 10.1 Å². The van der Waals surface area contributed by atoms with Crippen molar-refractivity contribution in [3.63, 3.8) is 0 Å². The first-order valence-corrected chi connectivity index (χ1v) is 12.7. The fraction of sp³-hybridized carbons (Fsp3) is 0.0357. The minimum Gasteiger partial charge on any atom is -0.508 e. The van der Waals surface area contributed by atoms with Crippen LogP contribution < -0.4 is 4.80 Å². The lowest BCUT2D eigenvalue weighted by Gasteiger charge is -2.01. The summed E-state index contributed by atoms with van der Waals surface area (Å²) in [5.41, 5.74) is 3.76. The zero-order valence-corrected chi connectivity index (χ0v) is 21.8. The highest BCUT2D eigenvalue weighted by Crippen LogP contribution is 2.31. The third kappa shape index (κ3) is 5.97. The molecule has 0 fully saturated rings. The Hall–Kier alpha value is -5.49. The second-order valence-electron chi connectivity index (χ2n) is 8.45.